The molecule has 0 aromatic carbocycles. The Morgan fingerprint density at radius 1 is 0.900 bits per heavy atom. The van der Waals surface area contributed by atoms with Gasteiger partial charge >= 0.3 is 23.9 Å². The number of hydrogen-bond acceptors (Lipinski definition) is 6. The first-order valence-corrected chi connectivity index (χ1v) is 6.10. The van der Waals surface area contributed by atoms with Crippen molar-refractivity contribution in [3.8, 4) is 0 Å². The summed E-state index contributed by atoms with van der Waals surface area (Å²) in [5.74, 6) is -7.49. The topological polar surface area (TPSA) is 127 Å². The molecule has 0 rings (SSSR count). The van der Waals surface area contributed by atoms with Crippen LogP contribution in [-0.2, 0) is 28.7 Å². The number of carbonyl (C=O) groups excluding carboxylic acids is 2. The fraction of sp³-hybridized carbons (Fsp3) is 0.667. The number of carbonyl (C=O) groups is 4. The van der Waals surface area contributed by atoms with Gasteiger partial charge in [0.15, 0.2) is 0 Å². The zero-order valence-electron chi connectivity index (χ0n) is 11.3. The molecule has 2 atom stereocenters. The predicted molar refractivity (Wildman–Crippen MR) is 64.8 cm³/mol. The van der Waals surface area contributed by atoms with Crippen molar-refractivity contribution in [2.24, 2.45) is 11.8 Å². The molecule has 8 nitrogen and oxygen atoms in total. The Bertz CT molecular complexity index is 376. The van der Waals surface area contributed by atoms with Crippen LogP contribution in [0.15, 0.2) is 0 Å². The summed E-state index contributed by atoms with van der Waals surface area (Å²) >= 11 is 0. The molecule has 114 valence electrons. The maximum absolute atomic E-state index is 11.7. The van der Waals surface area contributed by atoms with Crippen LogP contribution in [0.3, 0.4) is 0 Å². The van der Waals surface area contributed by atoms with Crippen molar-refractivity contribution >= 4 is 23.9 Å². The van der Waals surface area contributed by atoms with Crippen LogP contribution >= 0.6 is 0 Å². The van der Waals surface area contributed by atoms with Crippen molar-refractivity contribution in [1.29, 1.82) is 0 Å². The highest BCUT2D eigenvalue weighted by molar-refractivity contribution is 5.87. The first-order valence-electron chi connectivity index (χ1n) is 6.10. The molecule has 0 aliphatic heterocycles. The summed E-state index contributed by atoms with van der Waals surface area (Å²) in [7, 11) is 0. The standard InChI is InChI=1S/C12H18O8/c1-3-19-10(15)6-8(12(18)20-4-2)7(11(16)17)5-9(13)14/h7-8H,3-6H2,1-2H3,(H,13,14)(H,16,17). The van der Waals surface area contributed by atoms with Gasteiger partial charge in [-0.1, -0.05) is 0 Å². The summed E-state index contributed by atoms with van der Waals surface area (Å²) in [5.41, 5.74) is 0. The third-order valence-electron chi connectivity index (χ3n) is 2.48. The maximum Gasteiger partial charge on any atom is 0.310 e. The van der Waals surface area contributed by atoms with Crippen molar-refractivity contribution in [1.82, 2.24) is 0 Å². The SMILES string of the molecule is CCOC(=O)CC(C(=O)OCC)C(CC(=O)O)C(=O)O. The molecule has 2 N–H and O–H groups in total. The minimum atomic E-state index is -1.55. The molecule has 0 aliphatic carbocycles. The van der Waals surface area contributed by atoms with Crippen LogP contribution in [0.5, 0.6) is 0 Å². The molecule has 0 heterocycles. The Hall–Kier alpha value is -2.12. The second kappa shape index (κ2) is 8.89. The summed E-state index contributed by atoms with van der Waals surface area (Å²) < 4.78 is 9.34. The molecule has 0 radical (unpaired) electrons. The van der Waals surface area contributed by atoms with E-state index in [1.54, 1.807) is 6.92 Å². The molecule has 0 saturated carbocycles. The van der Waals surface area contributed by atoms with E-state index < -0.39 is 48.6 Å². The molecule has 20 heavy (non-hydrogen) atoms. The molecule has 2 unspecified atom stereocenters. The smallest absolute Gasteiger partial charge is 0.310 e. The second-order valence-corrected chi connectivity index (χ2v) is 3.91. The van der Waals surface area contributed by atoms with E-state index in [2.05, 4.69) is 4.74 Å². The Balaban J connectivity index is 5.13. The molecular formula is C12H18O8. The normalized spacial score (nSPS) is 13.1. The van der Waals surface area contributed by atoms with E-state index in [0.29, 0.717) is 0 Å². The Morgan fingerprint density at radius 3 is 1.85 bits per heavy atom. The summed E-state index contributed by atoms with van der Waals surface area (Å²) in [6.07, 6.45) is -1.31. The molecule has 0 aliphatic rings. The quantitative estimate of drug-likeness (QED) is 0.580. The van der Waals surface area contributed by atoms with E-state index in [1.807, 2.05) is 0 Å². The van der Waals surface area contributed by atoms with Crippen molar-refractivity contribution in [2.75, 3.05) is 13.2 Å². The van der Waals surface area contributed by atoms with Gasteiger partial charge in [0.25, 0.3) is 0 Å². The highest BCUT2D eigenvalue weighted by Crippen LogP contribution is 2.23. The van der Waals surface area contributed by atoms with Crippen molar-refractivity contribution < 1.29 is 38.9 Å². The summed E-state index contributed by atoms with van der Waals surface area (Å²) in [4.78, 5) is 44.9. The largest absolute Gasteiger partial charge is 0.481 e. The Morgan fingerprint density at radius 2 is 1.45 bits per heavy atom. The number of hydrogen-bond donors (Lipinski definition) is 2. The number of aliphatic carboxylic acids is 2. The lowest BCUT2D eigenvalue weighted by molar-refractivity contribution is -0.163. The lowest BCUT2D eigenvalue weighted by atomic mass is 9.87. The molecule has 0 spiro atoms. The number of carboxylic acid groups (broad SMARTS) is 2. The van der Waals surface area contributed by atoms with Gasteiger partial charge in [0.05, 0.1) is 37.9 Å². The van der Waals surface area contributed by atoms with Crippen LogP contribution in [0, 0.1) is 11.8 Å². The first-order chi connectivity index (χ1) is 9.33. The third kappa shape index (κ3) is 6.17. The van der Waals surface area contributed by atoms with Gasteiger partial charge in [0.2, 0.25) is 0 Å². The van der Waals surface area contributed by atoms with Crippen molar-refractivity contribution in [2.45, 2.75) is 26.7 Å². The highest BCUT2D eigenvalue weighted by Gasteiger charge is 2.38. The van der Waals surface area contributed by atoms with Gasteiger partial charge in [-0.25, -0.2) is 0 Å². The van der Waals surface area contributed by atoms with E-state index in [1.165, 1.54) is 6.92 Å². The molecule has 8 heteroatoms. The van der Waals surface area contributed by atoms with Crippen molar-refractivity contribution in [3.05, 3.63) is 0 Å². The van der Waals surface area contributed by atoms with Gasteiger partial charge in [-0.2, -0.15) is 0 Å². The fourth-order valence-corrected chi connectivity index (χ4v) is 1.63. The summed E-state index contributed by atoms with van der Waals surface area (Å²) in [6, 6.07) is 0. The zero-order chi connectivity index (χ0) is 15.7. The number of esters is 2. The molecule has 0 bridgehead atoms. The Labute approximate surface area is 115 Å². The average Bonchev–Trinajstić information content (AvgIpc) is 2.33. The fourth-order valence-electron chi connectivity index (χ4n) is 1.63. The van der Waals surface area contributed by atoms with E-state index in [0.717, 1.165) is 0 Å². The first kappa shape index (κ1) is 17.9. The van der Waals surface area contributed by atoms with Crippen LogP contribution in [0.1, 0.15) is 26.7 Å². The minimum absolute atomic E-state index is 0.00241. The van der Waals surface area contributed by atoms with Gasteiger partial charge in [-0.15, -0.1) is 0 Å². The lowest BCUT2D eigenvalue weighted by Gasteiger charge is -2.20. The number of rotatable bonds is 9. The third-order valence-corrected chi connectivity index (χ3v) is 2.48. The number of ether oxygens (including phenoxy) is 2. The van der Waals surface area contributed by atoms with Gasteiger partial charge in [-0.3, -0.25) is 19.2 Å². The Kier molecular flexibility index (Phi) is 7.95. The number of carboxylic acids is 2. The molecule has 0 saturated heterocycles. The highest BCUT2D eigenvalue weighted by atomic mass is 16.5. The minimum Gasteiger partial charge on any atom is -0.481 e. The monoisotopic (exact) mass is 290 g/mol. The van der Waals surface area contributed by atoms with E-state index in [4.69, 9.17) is 14.9 Å². The van der Waals surface area contributed by atoms with E-state index in [9.17, 15) is 19.2 Å². The molecule has 0 aromatic rings. The van der Waals surface area contributed by atoms with Crippen LogP contribution in [0.2, 0.25) is 0 Å². The van der Waals surface area contributed by atoms with Gasteiger partial charge in [0, 0.05) is 0 Å². The lowest BCUT2D eigenvalue weighted by Crippen LogP contribution is -2.35. The van der Waals surface area contributed by atoms with Gasteiger partial charge in [0.1, 0.15) is 0 Å². The summed E-state index contributed by atoms with van der Waals surface area (Å²) in [5, 5.41) is 17.7. The molecule has 0 aromatic heterocycles. The van der Waals surface area contributed by atoms with Crippen LogP contribution in [0.4, 0.5) is 0 Å². The molecule has 0 amide bonds. The van der Waals surface area contributed by atoms with Crippen molar-refractivity contribution in [3.63, 3.8) is 0 Å². The van der Waals surface area contributed by atoms with E-state index >= 15 is 0 Å². The molecular weight excluding hydrogens is 272 g/mol. The molecule has 0 fully saturated rings. The van der Waals surface area contributed by atoms with Gasteiger partial charge in [-0.05, 0) is 13.8 Å². The van der Waals surface area contributed by atoms with Crippen LogP contribution in [-0.4, -0.2) is 47.3 Å². The van der Waals surface area contributed by atoms with Crippen LogP contribution < -0.4 is 0 Å². The summed E-state index contributed by atoms with van der Waals surface area (Å²) in [6.45, 7) is 3.15. The van der Waals surface area contributed by atoms with Gasteiger partial charge < -0.3 is 19.7 Å². The predicted octanol–water partition coefficient (Wildman–Crippen LogP) is 0.294. The zero-order valence-corrected chi connectivity index (χ0v) is 11.3. The maximum atomic E-state index is 11.7. The van der Waals surface area contributed by atoms with E-state index in [-0.39, 0.29) is 13.2 Å². The van der Waals surface area contributed by atoms with Crippen LogP contribution in [0.25, 0.3) is 0 Å². The average molecular weight is 290 g/mol. The second-order valence-electron chi connectivity index (χ2n) is 3.91.